The molecule has 4 nitrogen and oxygen atoms in total. The zero-order valence-electron chi connectivity index (χ0n) is 14.0. The van der Waals surface area contributed by atoms with Crippen molar-refractivity contribution in [3.63, 3.8) is 0 Å². The van der Waals surface area contributed by atoms with E-state index in [0.717, 1.165) is 5.56 Å². The van der Waals surface area contributed by atoms with Crippen LogP contribution in [-0.2, 0) is 9.47 Å². The van der Waals surface area contributed by atoms with Crippen LogP contribution in [0.4, 0.5) is 0 Å². The second-order valence-corrected chi connectivity index (χ2v) is 7.21. The molecule has 132 valence electrons. The average molecular weight is 380 g/mol. The van der Waals surface area contributed by atoms with Crippen molar-refractivity contribution >= 4 is 29.1 Å². The lowest BCUT2D eigenvalue weighted by Crippen LogP contribution is -2.52. The molecule has 0 saturated carbocycles. The van der Waals surface area contributed by atoms with Crippen molar-refractivity contribution in [3.8, 4) is 0 Å². The molecule has 6 heteroatoms. The van der Waals surface area contributed by atoms with Crippen LogP contribution in [0.3, 0.4) is 0 Å². The number of nitrogens with one attached hydrogen (secondary N) is 1. The molecule has 1 aliphatic heterocycles. The van der Waals surface area contributed by atoms with Gasteiger partial charge in [0.1, 0.15) is 6.10 Å². The van der Waals surface area contributed by atoms with Gasteiger partial charge in [0.25, 0.3) is 5.91 Å². The monoisotopic (exact) mass is 379 g/mol. The summed E-state index contributed by atoms with van der Waals surface area (Å²) in [4.78, 5) is 12.6. The Balaban J connectivity index is 1.82. The standard InChI is InChI=1S/C19H19Cl2NO3/c1-19(2)24-11-16(17(25-19)12-6-4-3-5-7-12)22-18(23)14-9-8-13(20)10-15(14)21/h3-10,16-17H,11H2,1-2H3,(H,22,23)/t16-,17-/m0/s1. The van der Waals surface area contributed by atoms with Crippen LogP contribution in [0.1, 0.15) is 35.9 Å². The number of halogens is 2. The largest absolute Gasteiger partial charge is 0.348 e. The van der Waals surface area contributed by atoms with E-state index in [2.05, 4.69) is 5.32 Å². The van der Waals surface area contributed by atoms with E-state index in [1.807, 2.05) is 44.2 Å². The molecular formula is C19H19Cl2NO3. The van der Waals surface area contributed by atoms with Crippen LogP contribution in [0.15, 0.2) is 48.5 Å². The predicted molar refractivity (Wildman–Crippen MR) is 98.0 cm³/mol. The van der Waals surface area contributed by atoms with Gasteiger partial charge in [-0.25, -0.2) is 0 Å². The highest BCUT2D eigenvalue weighted by Gasteiger charge is 2.38. The van der Waals surface area contributed by atoms with E-state index in [4.69, 9.17) is 32.7 Å². The van der Waals surface area contributed by atoms with Gasteiger partial charge in [0.2, 0.25) is 0 Å². The first-order valence-electron chi connectivity index (χ1n) is 7.98. The minimum atomic E-state index is -0.723. The summed E-state index contributed by atoms with van der Waals surface area (Å²) in [5.74, 6) is -1.01. The van der Waals surface area contributed by atoms with Crippen LogP contribution in [0.2, 0.25) is 10.0 Å². The summed E-state index contributed by atoms with van der Waals surface area (Å²) in [5, 5.41) is 3.75. The molecule has 2 aromatic carbocycles. The van der Waals surface area contributed by atoms with Crippen LogP contribution in [-0.4, -0.2) is 24.3 Å². The second kappa shape index (κ2) is 7.34. The van der Waals surface area contributed by atoms with Crippen molar-refractivity contribution in [2.75, 3.05) is 6.61 Å². The molecule has 3 rings (SSSR count). The number of benzene rings is 2. The topological polar surface area (TPSA) is 47.6 Å². The highest BCUT2D eigenvalue weighted by molar-refractivity contribution is 6.36. The van der Waals surface area contributed by atoms with Crippen molar-refractivity contribution in [2.24, 2.45) is 0 Å². The first-order valence-corrected chi connectivity index (χ1v) is 8.74. The van der Waals surface area contributed by atoms with Gasteiger partial charge in [-0.05, 0) is 37.6 Å². The normalized spacial score (nSPS) is 22.4. The number of carbonyl (C=O) groups is 1. The zero-order valence-corrected chi connectivity index (χ0v) is 15.5. The van der Waals surface area contributed by atoms with Crippen LogP contribution in [0, 0.1) is 0 Å². The molecule has 1 saturated heterocycles. The van der Waals surface area contributed by atoms with Crippen LogP contribution in [0.25, 0.3) is 0 Å². The van der Waals surface area contributed by atoms with Gasteiger partial charge in [-0.2, -0.15) is 0 Å². The SMILES string of the molecule is CC1(C)OC[C@H](NC(=O)c2ccc(Cl)cc2Cl)[C@H](c2ccccc2)O1. The van der Waals surface area contributed by atoms with Crippen molar-refractivity contribution in [1.29, 1.82) is 0 Å². The first kappa shape index (κ1) is 18.2. The summed E-state index contributed by atoms with van der Waals surface area (Å²) >= 11 is 12.0. The van der Waals surface area contributed by atoms with Gasteiger partial charge in [-0.15, -0.1) is 0 Å². The maximum Gasteiger partial charge on any atom is 0.253 e. The van der Waals surface area contributed by atoms with E-state index in [1.165, 1.54) is 0 Å². The molecule has 0 spiro atoms. The fraction of sp³-hybridized carbons (Fsp3) is 0.316. The Labute approximate surface area is 157 Å². The van der Waals surface area contributed by atoms with Crippen molar-refractivity contribution in [3.05, 3.63) is 69.7 Å². The summed E-state index contributed by atoms with van der Waals surface area (Å²) in [6, 6.07) is 14.2. The number of ether oxygens (including phenoxy) is 2. The fourth-order valence-corrected chi connectivity index (χ4v) is 3.27. The summed E-state index contributed by atoms with van der Waals surface area (Å²) in [7, 11) is 0. The minimum Gasteiger partial charge on any atom is -0.348 e. The average Bonchev–Trinajstić information content (AvgIpc) is 2.57. The lowest BCUT2D eigenvalue weighted by atomic mass is 10.00. The molecule has 2 atom stereocenters. The van der Waals surface area contributed by atoms with Gasteiger partial charge in [-0.1, -0.05) is 53.5 Å². The fourth-order valence-electron chi connectivity index (χ4n) is 2.78. The van der Waals surface area contributed by atoms with E-state index < -0.39 is 5.79 Å². The number of rotatable bonds is 3. The lowest BCUT2D eigenvalue weighted by Gasteiger charge is -2.41. The first-order chi connectivity index (χ1) is 11.9. The summed E-state index contributed by atoms with van der Waals surface area (Å²) < 4.78 is 11.8. The summed E-state index contributed by atoms with van der Waals surface area (Å²) in [6.45, 7) is 4.05. The Hall–Kier alpha value is -1.59. The highest BCUT2D eigenvalue weighted by atomic mass is 35.5. The Kier molecular flexibility index (Phi) is 5.35. The van der Waals surface area contributed by atoms with E-state index in [0.29, 0.717) is 22.2 Å². The molecule has 1 N–H and O–H groups in total. The van der Waals surface area contributed by atoms with Crippen molar-refractivity contribution in [1.82, 2.24) is 5.32 Å². The molecule has 0 aliphatic carbocycles. The molecule has 1 amide bonds. The van der Waals surface area contributed by atoms with Crippen molar-refractivity contribution in [2.45, 2.75) is 31.8 Å². The third-order valence-electron chi connectivity index (χ3n) is 4.01. The number of hydrogen-bond donors (Lipinski definition) is 1. The Morgan fingerprint density at radius 3 is 2.56 bits per heavy atom. The van der Waals surface area contributed by atoms with Gasteiger partial charge in [0.05, 0.1) is 23.2 Å². The third-order valence-corrected chi connectivity index (χ3v) is 4.55. The maximum atomic E-state index is 12.6. The molecule has 25 heavy (non-hydrogen) atoms. The predicted octanol–water partition coefficient (Wildman–Crippen LogP) is 4.62. The molecular weight excluding hydrogens is 361 g/mol. The maximum absolute atomic E-state index is 12.6. The van der Waals surface area contributed by atoms with Gasteiger partial charge in [0, 0.05) is 5.02 Å². The van der Waals surface area contributed by atoms with Crippen LogP contribution >= 0.6 is 23.2 Å². The van der Waals surface area contributed by atoms with Crippen LogP contribution in [0.5, 0.6) is 0 Å². The molecule has 1 fully saturated rings. The minimum absolute atomic E-state index is 0.292. The quantitative estimate of drug-likeness (QED) is 0.846. The smallest absolute Gasteiger partial charge is 0.253 e. The lowest BCUT2D eigenvalue weighted by molar-refractivity contribution is -0.284. The van der Waals surface area contributed by atoms with Gasteiger partial charge < -0.3 is 14.8 Å². The van der Waals surface area contributed by atoms with Crippen LogP contribution < -0.4 is 5.32 Å². The molecule has 0 unspecified atom stereocenters. The number of hydrogen-bond acceptors (Lipinski definition) is 3. The highest BCUT2D eigenvalue weighted by Crippen LogP contribution is 2.33. The van der Waals surface area contributed by atoms with Gasteiger partial charge >= 0.3 is 0 Å². The molecule has 1 aliphatic rings. The summed E-state index contributed by atoms with van der Waals surface area (Å²) in [5.41, 5.74) is 1.34. The number of carbonyl (C=O) groups excluding carboxylic acids is 1. The van der Waals surface area contributed by atoms with E-state index in [9.17, 15) is 4.79 Å². The van der Waals surface area contributed by atoms with Crippen molar-refractivity contribution < 1.29 is 14.3 Å². The molecule has 1 heterocycles. The Bertz CT molecular complexity index is 765. The molecule has 0 radical (unpaired) electrons. The van der Waals surface area contributed by atoms with Gasteiger partial charge in [0.15, 0.2) is 5.79 Å². The zero-order chi connectivity index (χ0) is 18.0. The van der Waals surface area contributed by atoms with E-state index in [-0.39, 0.29) is 18.1 Å². The van der Waals surface area contributed by atoms with E-state index >= 15 is 0 Å². The Morgan fingerprint density at radius 1 is 1.16 bits per heavy atom. The van der Waals surface area contributed by atoms with E-state index in [1.54, 1.807) is 18.2 Å². The summed E-state index contributed by atoms with van der Waals surface area (Å²) in [6.07, 6.45) is -0.319. The molecule has 2 aromatic rings. The van der Waals surface area contributed by atoms with Gasteiger partial charge in [-0.3, -0.25) is 4.79 Å². The molecule has 0 bridgehead atoms. The second-order valence-electron chi connectivity index (χ2n) is 6.36. The third kappa shape index (κ3) is 4.33. The number of amides is 1. The molecule has 0 aromatic heterocycles. The Morgan fingerprint density at radius 2 is 1.88 bits per heavy atom.